The Labute approximate surface area is 106 Å². The van der Waals surface area contributed by atoms with Crippen molar-refractivity contribution in [1.82, 2.24) is 4.98 Å². The third kappa shape index (κ3) is 3.07. The van der Waals surface area contributed by atoms with E-state index in [0.717, 1.165) is 6.20 Å². The van der Waals surface area contributed by atoms with Gasteiger partial charge in [-0.05, 0) is 44.1 Å². The molecular weight excluding hydrogens is 387 g/mol. The summed E-state index contributed by atoms with van der Waals surface area (Å²) in [6.45, 7) is 0. The Morgan fingerprint density at radius 3 is 2.73 bits per heavy atom. The molecule has 7 heteroatoms. The van der Waals surface area contributed by atoms with Crippen LogP contribution in [0, 0.1) is 3.57 Å². The smallest absolute Gasteiger partial charge is 0.307 e. The van der Waals surface area contributed by atoms with Crippen molar-refractivity contribution in [3.8, 4) is 0 Å². The predicted molar refractivity (Wildman–Crippen MR) is 61.0 cm³/mol. The first-order chi connectivity index (χ1) is 6.93. The molecule has 0 saturated carbocycles. The van der Waals surface area contributed by atoms with Crippen molar-refractivity contribution >= 4 is 44.5 Å². The van der Waals surface area contributed by atoms with Crippen LogP contribution < -0.4 is 0 Å². The van der Waals surface area contributed by atoms with Crippen LogP contribution in [0.2, 0.25) is 0 Å². The number of carboxylic acid groups (broad SMARTS) is 1. The third-order valence-electron chi connectivity index (χ3n) is 1.67. The van der Waals surface area contributed by atoms with Crippen molar-refractivity contribution in [3.63, 3.8) is 0 Å². The quantitative estimate of drug-likeness (QED) is 0.636. The normalized spacial score (nSPS) is 10.7. The van der Waals surface area contributed by atoms with E-state index >= 15 is 0 Å². The Morgan fingerprint density at radius 1 is 1.67 bits per heavy atom. The number of pyridine rings is 1. The van der Waals surface area contributed by atoms with E-state index in [9.17, 15) is 13.6 Å². The molecule has 0 amide bonds. The van der Waals surface area contributed by atoms with Gasteiger partial charge in [-0.25, -0.2) is 13.8 Å². The summed E-state index contributed by atoms with van der Waals surface area (Å²) in [6.07, 6.45) is -2.15. The molecule has 0 atom stereocenters. The highest BCUT2D eigenvalue weighted by atomic mass is 127. The highest BCUT2D eigenvalue weighted by Gasteiger charge is 2.19. The van der Waals surface area contributed by atoms with Crippen molar-refractivity contribution < 1.29 is 18.7 Å². The molecule has 1 N–H and O–H groups in total. The third-order valence-corrected chi connectivity index (χ3v) is 4.18. The summed E-state index contributed by atoms with van der Waals surface area (Å²) in [5.74, 6) is -1.15. The molecule has 0 bridgehead atoms. The fourth-order valence-electron chi connectivity index (χ4n) is 1.03. The zero-order valence-corrected chi connectivity index (χ0v) is 10.9. The molecule has 82 valence electrons. The molecule has 0 aliphatic rings. The molecule has 1 aromatic heterocycles. The molecule has 1 heterocycles. The highest BCUT2D eigenvalue weighted by Crippen LogP contribution is 2.29. The second kappa shape index (κ2) is 5.15. The summed E-state index contributed by atoms with van der Waals surface area (Å²) in [5, 5.41) is 8.60. The molecule has 3 nitrogen and oxygen atoms in total. The standard InChI is InChI=1S/C8H5BrF2INO2/c9-7-6(12)3(1-5(14)15)4(2-13-7)8(10)11/h2,8H,1H2,(H,14,15). The van der Waals surface area contributed by atoms with Gasteiger partial charge in [-0.2, -0.15) is 0 Å². The second-order valence-electron chi connectivity index (χ2n) is 2.67. The van der Waals surface area contributed by atoms with Crippen LogP contribution in [0.5, 0.6) is 0 Å². The molecule has 0 fully saturated rings. The van der Waals surface area contributed by atoms with Gasteiger partial charge in [0.05, 0.1) is 9.99 Å². The van der Waals surface area contributed by atoms with Crippen LogP contribution in [0.1, 0.15) is 17.6 Å². The average molecular weight is 392 g/mol. The van der Waals surface area contributed by atoms with E-state index in [4.69, 9.17) is 5.11 Å². The van der Waals surface area contributed by atoms with Crippen molar-refractivity contribution in [1.29, 1.82) is 0 Å². The lowest BCUT2D eigenvalue weighted by Gasteiger charge is -2.09. The maximum Gasteiger partial charge on any atom is 0.307 e. The summed E-state index contributed by atoms with van der Waals surface area (Å²) < 4.78 is 25.9. The van der Waals surface area contributed by atoms with E-state index in [1.165, 1.54) is 0 Å². The van der Waals surface area contributed by atoms with Gasteiger partial charge in [0.2, 0.25) is 0 Å². The largest absolute Gasteiger partial charge is 0.481 e. The number of alkyl halides is 2. The molecule has 0 aromatic carbocycles. The Bertz CT molecular complexity index is 400. The number of carbonyl (C=O) groups is 1. The summed E-state index contributed by atoms with van der Waals surface area (Å²) in [5.41, 5.74) is -0.218. The Balaban J connectivity index is 3.28. The topological polar surface area (TPSA) is 50.2 Å². The van der Waals surface area contributed by atoms with E-state index in [1.54, 1.807) is 22.6 Å². The molecule has 0 aliphatic carbocycles. The van der Waals surface area contributed by atoms with Crippen LogP contribution in [0.4, 0.5) is 8.78 Å². The fraction of sp³-hybridized carbons (Fsp3) is 0.250. The SMILES string of the molecule is O=C(O)Cc1c(C(F)F)cnc(Br)c1I. The number of nitrogens with zero attached hydrogens (tertiary/aromatic N) is 1. The summed E-state index contributed by atoms with van der Waals surface area (Å²) >= 11 is 4.85. The number of hydrogen-bond acceptors (Lipinski definition) is 2. The molecular formula is C8H5BrF2INO2. The molecule has 0 unspecified atom stereocenters. The van der Waals surface area contributed by atoms with E-state index in [2.05, 4.69) is 20.9 Å². The summed E-state index contributed by atoms with van der Waals surface area (Å²) in [4.78, 5) is 14.2. The number of halogens is 4. The molecule has 1 aromatic rings. The van der Waals surface area contributed by atoms with Gasteiger partial charge in [0, 0.05) is 11.8 Å². The van der Waals surface area contributed by atoms with Crippen LogP contribution in [-0.2, 0) is 11.2 Å². The number of aromatic nitrogens is 1. The average Bonchev–Trinajstić information content (AvgIpc) is 2.12. The lowest BCUT2D eigenvalue weighted by Crippen LogP contribution is -2.07. The monoisotopic (exact) mass is 391 g/mol. The Kier molecular flexibility index (Phi) is 4.38. The van der Waals surface area contributed by atoms with Crippen molar-refractivity contribution in [2.45, 2.75) is 12.8 Å². The van der Waals surface area contributed by atoms with Crippen LogP contribution >= 0.6 is 38.5 Å². The minimum Gasteiger partial charge on any atom is -0.481 e. The van der Waals surface area contributed by atoms with E-state index in [-0.39, 0.29) is 11.1 Å². The summed E-state index contributed by atoms with van der Waals surface area (Å²) in [6, 6.07) is 0. The number of carboxylic acids is 1. The lowest BCUT2D eigenvalue weighted by atomic mass is 10.1. The Morgan fingerprint density at radius 2 is 2.27 bits per heavy atom. The highest BCUT2D eigenvalue weighted by molar-refractivity contribution is 14.1. The van der Waals surface area contributed by atoms with Crippen molar-refractivity contribution in [2.75, 3.05) is 0 Å². The number of aliphatic carboxylic acids is 1. The molecule has 0 saturated heterocycles. The van der Waals surface area contributed by atoms with Gasteiger partial charge in [0.25, 0.3) is 6.43 Å². The van der Waals surface area contributed by atoms with Crippen LogP contribution in [0.15, 0.2) is 10.8 Å². The number of rotatable bonds is 3. The van der Waals surface area contributed by atoms with Crippen LogP contribution in [0.25, 0.3) is 0 Å². The Hall–Kier alpha value is -0.310. The van der Waals surface area contributed by atoms with E-state index in [1.807, 2.05) is 0 Å². The van der Waals surface area contributed by atoms with Gasteiger partial charge in [0.1, 0.15) is 4.60 Å². The van der Waals surface area contributed by atoms with Crippen LogP contribution in [0.3, 0.4) is 0 Å². The van der Waals surface area contributed by atoms with Gasteiger partial charge in [-0.1, -0.05) is 0 Å². The predicted octanol–water partition coefficient (Wildman–Crippen LogP) is 3.01. The maximum absolute atomic E-state index is 12.5. The second-order valence-corrected chi connectivity index (χ2v) is 4.50. The van der Waals surface area contributed by atoms with Gasteiger partial charge < -0.3 is 5.11 Å². The zero-order chi connectivity index (χ0) is 11.6. The van der Waals surface area contributed by atoms with Gasteiger partial charge in [0.15, 0.2) is 0 Å². The minimum atomic E-state index is -2.71. The molecule has 15 heavy (non-hydrogen) atoms. The zero-order valence-electron chi connectivity index (χ0n) is 7.18. The first-order valence-corrected chi connectivity index (χ1v) is 5.63. The van der Waals surface area contributed by atoms with E-state index < -0.39 is 18.8 Å². The lowest BCUT2D eigenvalue weighted by molar-refractivity contribution is -0.136. The summed E-state index contributed by atoms with van der Waals surface area (Å²) in [7, 11) is 0. The van der Waals surface area contributed by atoms with Gasteiger partial charge in [-0.3, -0.25) is 4.79 Å². The van der Waals surface area contributed by atoms with Gasteiger partial charge >= 0.3 is 5.97 Å². The molecule has 0 spiro atoms. The fourth-order valence-corrected chi connectivity index (χ4v) is 2.01. The first kappa shape index (κ1) is 12.8. The first-order valence-electron chi connectivity index (χ1n) is 3.76. The van der Waals surface area contributed by atoms with Crippen molar-refractivity contribution in [2.24, 2.45) is 0 Å². The molecule has 0 aliphatic heterocycles. The van der Waals surface area contributed by atoms with Crippen LogP contribution in [-0.4, -0.2) is 16.1 Å². The molecule has 0 radical (unpaired) electrons. The van der Waals surface area contributed by atoms with Crippen molar-refractivity contribution in [3.05, 3.63) is 25.5 Å². The minimum absolute atomic E-state index is 0.111. The number of hydrogen-bond donors (Lipinski definition) is 1. The maximum atomic E-state index is 12.5. The molecule has 1 rings (SSSR count). The van der Waals surface area contributed by atoms with Gasteiger partial charge in [-0.15, -0.1) is 0 Å². The van der Waals surface area contributed by atoms with E-state index in [0.29, 0.717) is 8.17 Å².